The first kappa shape index (κ1) is 15.8. The van der Waals surface area contributed by atoms with Gasteiger partial charge in [0.05, 0.1) is 18.8 Å². The largest absolute Gasteiger partial charge is 0.497 e. The molecule has 0 saturated heterocycles. The van der Waals surface area contributed by atoms with Gasteiger partial charge in [0.15, 0.2) is 6.61 Å². The van der Waals surface area contributed by atoms with Crippen LogP contribution in [0.2, 0.25) is 0 Å². The second-order valence-corrected chi connectivity index (χ2v) is 4.82. The Morgan fingerprint density at radius 1 is 1.25 bits per heavy atom. The smallest absolute Gasteiger partial charge is 0.422 e. The number of nitrogens with zero attached hydrogens (tertiary/aromatic N) is 4. The van der Waals surface area contributed by atoms with E-state index in [1.807, 2.05) is 0 Å². The number of halogens is 3. The summed E-state index contributed by atoms with van der Waals surface area (Å²) in [5, 5.41) is 7.76. The summed E-state index contributed by atoms with van der Waals surface area (Å²) in [4.78, 5) is 3.95. The lowest BCUT2D eigenvalue weighted by atomic mass is 10.1. The number of hydrogen-bond donors (Lipinski definition) is 1. The molecule has 0 fully saturated rings. The lowest BCUT2D eigenvalue weighted by molar-refractivity contribution is -0.153. The Balaban J connectivity index is 2.12. The number of benzene rings is 1. The number of alkyl halides is 3. The summed E-state index contributed by atoms with van der Waals surface area (Å²) >= 11 is 0. The number of anilines is 1. The van der Waals surface area contributed by atoms with Gasteiger partial charge in [-0.2, -0.15) is 13.2 Å². The Bertz CT molecular complexity index is 878. The fraction of sp³-hybridized carbons (Fsp3) is 0.214. The molecule has 24 heavy (non-hydrogen) atoms. The molecule has 2 heterocycles. The van der Waals surface area contributed by atoms with E-state index in [1.54, 1.807) is 6.07 Å². The Labute approximate surface area is 133 Å². The zero-order valence-corrected chi connectivity index (χ0v) is 12.4. The van der Waals surface area contributed by atoms with Crippen molar-refractivity contribution < 1.29 is 22.6 Å². The fourth-order valence-corrected chi connectivity index (χ4v) is 2.15. The predicted octanol–water partition coefficient (Wildman–Crippen LogP) is 2.32. The van der Waals surface area contributed by atoms with E-state index in [2.05, 4.69) is 15.2 Å². The van der Waals surface area contributed by atoms with Crippen LogP contribution >= 0.6 is 0 Å². The Morgan fingerprint density at radius 2 is 2.04 bits per heavy atom. The van der Waals surface area contributed by atoms with Crippen LogP contribution in [0, 0.1) is 0 Å². The summed E-state index contributed by atoms with van der Waals surface area (Å²) in [5.41, 5.74) is 6.80. The Kier molecular flexibility index (Phi) is 3.87. The van der Waals surface area contributed by atoms with Crippen LogP contribution in [0.15, 0.2) is 30.7 Å². The van der Waals surface area contributed by atoms with Gasteiger partial charge in [0, 0.05) is 11.6 Å². The summed E-state index contributed by atoms with van der Waals surface area (Å²) in [7, 11) is 1.40. The minimum absolute atomic E-state index is 0.0335. The van der Waals surface area contributed by atoms with Gasteiger partial charge in [-0.15, -0.1) is 10.2 Å². The third-order valence-electron chi connectivity index (χ3n) is 3.22. The second kappa shape index (κ2) is 5.87. The van der Waals surface area contributed by atoms with Gasteiger partial charge in [-0.1, -0.05) is 0 Å². The summed E-state index contributed by atoms with van der Waals surface area (Å²) in [6, 6.07) is 4.48. The molecule has 0 spiro atoms. The van der Waals surface area contributed by atoms with E-state index in [4.69, 9.17) is 15.2 Å². The number of ether oxygens (including phenoxy) is 2. The molecule has 126 valence electrons. The maximum Gasteiger partial charge on any atom is 0.422 e. The van der Waals surface area contributed by atoms with Gasteiger partial charge in [0.1, 0.15) is 23.5 Å². The van der Waals surface area contributed by atoms with Gasteiger partial charge in [-0.05, 0) is 12.1 Å². The molecule has 0 unspecified atom stereocenters. The Hall–Kier alpha value is -3.04. The molecular weight excluding hydrogens is 327 g/mol. The number of hydrogen-bond acceptors (Lipinski definition) is 6. The van der Waals surface area contributed by atoms with Gasteiger partial charge >= 0.3 is 6.18 Å². The highest BCUT2D eigenvalue weighted by molar-refractivity contribution is 5.81. The van der Waals surface area contributed by atoms with Gasteiger partial charge in [0.25, 0.3) is 0 Å². The van der Waals surface area contributed by atoms with Crippen LogP contribution in [0.5, 0.6) is 11.5 Å². The molecule has 3 aromatic rings. The zero-order valence-electron chi connectivity index (χ0n) is 12.4. The molecule has 0 radical (unpaired) electrons. The number of imidazole rings is 1. The van der Waals surface area contributed by atoms with Gasteiger partial charge in [-0.25, -0.2) is 4.98 Å². The van der Waals surface area contributed by atoms with E-state index in [1.165, 1.54) is 36.2 Å². The van der Waals surface area contributed by atoms with Gasteiger partial charge in [-0.3, -0.25) is 4.40 Å². The third kappa shape index (κ3) is 3.03. The van der Waals surface area contributed by atoms with E-state index >= 15 is 0 Å². The van der Waals surface area contributed by atoms with Gasteiger partial charge < -0.3 is 15.2 Å². The summed E-state index contributed by atoms with van der Waals surface area (Å²) < 4.78 is 48.9. The normalized spacial score (nSPS) is 11.7. The third-order valence-corrected chi connectivity index (χ3v) is 3.22. The lowest BCUT2D eigenvalue weighted by Gasteiger charge is -2.14. The van der Waals surface area contributed by atoms with Crippen molar-refractivity contribution in [3.05, 3.63) is 30.7 Å². The summed E-state index contributed by atoms with van der Waals surface area (Å²) in [6.45, 7) is -1.44. The van der Waals surface area contributed by atoms with Crippen LogP contribution < -0.4 is 15.2 Å². The molecule has 0 aliphatic carbocycles. The van der Waals surface area contributed by atoms with E-state index in [0.29, 0.717) is 22.5 Å². The molecule has 0 saturated carbocycles. The molecule has 0 atom stereocenters. The van der Waals surface area contributed by atoms with Crippen molar-refractivity contribution in [1.29, 1.82) is 0 Å². The maximum absolute atomic E-state index is 12.5. The van der Waals surface area contributed by atoms with Crippen molar-refractivity contribution in [2.24, 2.45) is 0 Å². The maximum atomic E-state index is 12.5. The highest BCUT2D eigenvalue weighted by atomic mass is 19.4. The molecule has 0 bridgehead atoms. The SMILES string of the molecule is COc1ccc(-c2nnc(N)n3cncc23)c(OCC(F)(F)F)c1. The van der Waals surface area contributed by atoms with Crippen LogP contribution in [0.3, 0.4) is 0 Å². The van der Waals surface area contributed by atoms with E-state index < -0.39 is 12.8 Å². The van der Waals surface area contributed by atoms with Crippen molar-refractivity contribution in [2.45, 2.75) is 6.18 Å². The molecular formula is C14H12F3N5O2. The first-order chi connectivity index (χ1) is 11.4. The number of nitrogens with two attached hydrogens (primary N) is 1. The zero-order chi connectivity index (χ0) is 17.3. The molecule has 0 aliphatic rings. The van der Waals surface area contributed by atoms with Crippen LogP contribution in [0.25, 0.3) is 16.8 Å². The van der Waals surface area contributed by atoms with Crippen LogP contribution in [-0.4, -0.2) is 39.5 Å². The van der Waals surface area contributed by atoms with Crippen molar-refractivity contribution >= 4 is 11.5 Å². The minimum Gasteiger partial charge on any atom is -0.497 e. The average Bonchev–Trinajstić information content (AvgIpc) is 3.03. The van der Waals surface area contributed by atoms with Crippen LogP contribution in [-0.2, 0) is 0 Å². The first-order valence-electron chi connectivity index (χ1n) is 6.71. The van der Waals surface area contributed by atoms with E-state index in [0.717, 1.165) is 0 Å². The second-order valence-electron chi connectivity index (χ2n) is 4.82. The molecule has 2 aromatic heterocycles. The molecule has 7 nitrogen and oxygen atoms in total. The fourth-order valence-electron chi connectivity index (χ4n) is 2.15. The molecule has 2 N–H and O–H groups in total. The number of nitrogen functional groups attached to an aromatic ring is 1. The highest BCUT2D eigenvalue weighted by Gasteiger charge is 2.29. The minimum atomic E-state index is -4.47. The number of aromatic nitrogens is 4. The monoisotopic (exact) mass is 339 g/mol. The number of rotatable bonds is 4. The topological polar surface area (TPSA) is 87.6 Å². The van der Waals surface area contributed by atoms with Crippen molar-refractivity contribution in [1.82, 2.24) is 19.6 Å². The standard InChI is InChI=1S/C14H12F3N5O2/c1-23-8-2-3-9(11(4-8)24-6-14(15,16)17)12-10-5-19-7-22(10)13(18)21-20-12/h2-5,7H,6H2,1H3,(H2,18,21). The number of fused-ring (bicyclic) bond motifs is 1. The van der Waals surface area contributed by atoms with Crippen LogP contribution in [0.4, 0.5) is 19.1 Å². The van der Waals surface area contributed by atoms with Gasteiger partial charge in [0.2, 0.25) is 5.95 Å². The van der Waals surface area contributed by atoms with Crippen molar-refractivity contribution in [3.8, 4) is 22.8 Å². The molecule has 1 aromatic carbocycles. The molecule has 0 aliphatic heterocycles. The predicted molar refractivity (Wildman–Crippen MR) is 78.7 cm³/mol. The van der Waals surface area contributed by atoms with Crippen LogP contribution in [0.1, 0.15) is 0 Å². The first-order valence-corrected chi connectivity index (χ1v) is 6.71. The quantitative estimate of drug-likeness (QED) is 0.785. The lowest BCUT2D eigenvalue weighted by Crippen LogP contribution is -2.19. The highest BCUT2D eigenvalue weighted by Crippen LogP contribution is 2.35. The summed E-state index contributed by atoms with van der Waals surface area (Å²) in [6.07, 6.45) is -1.56. The van der Waals surface area contributed by atoms with E-state index in [9.17, 15) is 13.2 Å². The Morgan fingerprint density at radius 3 is 2.75 bits per heavy atom. The van der Waals surface area contributed by atoms with Crippen molar-refractivity contribution in [3.63, 3.8) is 0 Å². The van der Waals surface area contributed by atoms with E-state index in [-0.39, 0.29) is 11.7 Å². The number of methoxy groups -OCH3 is 1. The van der Waals surface area contributed by atoms with Crippen molar-refractivity contribution in [2.75, 3.05) is 19.5 Å². The molecule has 10 heteroatoms. The average molecular weight is 339 g/mol. The molecule has 3 rings (SSSR count). The molecule has 0 amide bonds. The summed E-state index contributed by atoms with van der Waals surface area (Å²) in [5.74, 6) is 0.426.